The number of thiophene rings is 1. The molecule has 0 amide bonds. The first-order valence-electron chi connectivity index (χ1n) is 10.9. The summed E-state index contributed by atoms with van der Waals surface area (Å²) in [6.07, 6.45) is 2.41. The van der Waals surface area contributed by atoms with Gasteiger partial charge in [0.05, 0.1) is 21.9 Å². The summed E-state index contributed by atoms with van der Waals surface area (Å²) in [4.78, 5) is 37.7. The summed E-state index contributed by atoms with van der Waals surface area (Å²) >= 11 is 1.38. The predicted octanol–water partition coefficient (Wildman–Crippen LogP) is 2.27. The van der Waals surface area contributed by atoms with E-state index in [0.29, 0.717) is 34.9 Å². The van der Waals surface area contributed by atoms with E-state index in [4.69, 9.17) is 4.74 Å². The van der Waals surface area contributed by atoms with Crippen molar-refractivity contribution in [1.29, 1.82) is 0 Å². The Hall–Kier alpha value is -3.17. The van der Waals surface area contributed by atoms with E-state index in [2.05, 4.69) is 31.9 Å². The molecule has 1 fully saturated rings. The maximum Gasteiger partial charge on any atom is 0.328 e. The molecule has 6 rings (SSSR count). The van der Waals surface area contributed by atoms with Crippen LogP contribution in [0.1, 0.15) is 6.42 Å². The molecule has 2 aliphatic rings. The summed E-state index contributed by atoms with van der Waals surface area (Å²) in [7, 11) is 0. The number of rotatable bonds is 4. The third kappa shape index (κ3) is 3.20. The van der Waals surface area contributed by atoms with Crippen molar-refractivity contribution in [3.63, 3.8) is 0 Å². The maximum atomic E-state index is 13.0. The number of piperazine rings is 1. The van der Waals surface area contributed by atoms with Crippen LogP contribution in [0.3, 0.4) is 0 Å². The SMILES string of the molecule is O=c1[nH]c2c(sc3cccnc32)c(=O)n1CCCN1CCN2c3ccccc3OCC2C1. The molecular weight excluding hydrogens is 426 g/mol. The van der Waals surface area contributed by atoms with E-state index in [9.17, 15) is 9.59 Å². The minimum atomic E-state index is -0.366. The third-order valence-corrected chi connectivity index (χ3v) is 7.52. The van der Waals surface area contributed by atoms with Crippen LogP contribution in [-0.2, 0) is 6.54 Å². The first-order valence-corrected chi connectivity index (χ1v) is 11.7. The number of fused-ring (bicyclic) bond motifs is 6. The number of para-hydroxylation sites is 2. The average Bonchev–Trinajstić information content (AvgIpc) is 3.20. The van der Waals surface area contributed by atoms with Gasteiger partial charge in [-0.1, -0.05) is 12.1 Å². The Morgan fingerprint density at radius 2 is 2.03 bits per heavy atom. The highest BCUT2D eigenvalue weighted by atomic mass is 32.1. The van der Waals surface area contributed by atoms with Gasteiger partial charge in [0.25, 0.3) is 5.56 Å². The van der Waals surface area contributed by atoms with Crippen molar-refractivity contribution in [3.8, 4) is 5.75 Å². The van der Waals surface area contributed by atoms with Crippen LogP contribution in [0.25, 0.3) is 20.4 Å². The number of ether oxygens (including phenoxy) is 1. The molecule has 0 radical (unpaired) electrons. The van der Waals surface area contributed by atoms with Crippen molar-refractivity contribution >= 4 is 37.5 Å². The molecule has 5 heterocycles. The van der Waals surface area contributed by atoms with Gasteiger partial charge in [-0.25, -0.2) is 4.79 Å². The molecule has 1 unspecified atom stereocenters. The molecule has 3 aromatic heterocycles. The molecule has 1 saturated heterocycles. The minimum absolute atomic E-state index is 0.228. The zero-order chi connectivity index (χ0) is 21.7. The van der Waals surface area contributed by atoms with Crippen LogP contribution < -0.4 is 20.9 Å². The van der Waals surface area contributed by atoms with Crippen LogP contribution in [0.5, 0.6) is 5.75 Å². The van der Waals surface area contributed by atoms with Gasteiger partial charge in [0.2, 0.25) is 0 Å². The molecule has 0 spiro atoms. The molecule has 1 atom stereocenters. The van der Waals surface area contributed by atoms with E-state index in [1.54, 1.807) is 6.20 Å². The van der Waals surface area contributed by atoms with E-state index in [1.165, 1.54) is 21.6 Å². The van der Waals surface area contributed by atoms with Crippen molar-refractivity contribution in [1.82, 2.24) is 19.4 Å². The number of nitrogens with zero attached hydrogens (tertiary/aromatic N) is 4. The molecule has 4 aromatic rings. The Bertz CT molecular complexity index is 1420. The van der Waals surface area contributed by atoms with Gasteiger partial charge in [0, 0.05) is 32.4 Å². The fourth-order valence-corrected chi connectivity index (χ4v) is 5.89. The molecule has 164 valence electrons. The first-order chi connectivity index (χ1) is 15.7. The van der Waals surface area contributed by atoms with Crippen LogP contribution in [0.15, 0.2) is 52.2 Å². The van der Waals surface area contributed by atoms with Gasteiger partial charge in [0.1, 0.15) is 22.6 Å². The molecule has 0 aliphatic carbocycles. The zero-order valence-corrected chi connectivity index (χ0v) is 18.3. The fraction of sp³-hybridized carbons (Fsp3) is 0.348. The van der Waals surface area contributed by atoms with Crippen molar-refractivity contribution in [3.05, 3.63) is 63.4 Å². The van der Waals surface area contributed by atoms with Crippen molar-refractivity contribution in [2.24, 2.45) is 0 Å². The Morgan fingerprint density at radius 1 is 1.12 bits per heavy atom. The number of hydrogen-bond acceptors (Lipinski definition) is 7. The molecular formula is C23H23N5O3S. The second-order valence-corrected chi connectivity index (χ2v) is 9.38. The summed E-state index contributed by atoms with van der Waals surface area (Å²) in [5.74, 6) is 0.961. The van der Waals surface area contributed by atoms with E-state index >= 15 is 0 Å². The molecule has 9 heteroatoms. The molecule has 0 bridgehead atoms. The highest BCUT2D eigenvalue weighted by Crippen LogP contribution is 2.34. The number of hydrogen-bond donors (Lipinski definition) is 1. The third-order valence-electron chi connectivity index (χ3n) is 6.39. The Labute approximate surface area is 187 Å². The maximum absolute atomic E-state index is 13.0. The lowest BCUT2D eigenvalue weighted by Gasteiger charge is -2.45. The Balaban J connectivity index is 1.15. The highest BCUT2D eigenvalue weighted by molar-refractivity contribution is 7.25. The van der Waals surface area contributed by atoms with Crippen molar-refractivity contribution in [2.45, 2.75) is 19.0 Å². The summed E-state index contributed by atoms with van der Waals surface area (Å²) in [6, 6.07) is 12.3. The number of benzene rings is 1. The van der Waals surface area contributed by atoms with Crippen molar-refractivity contribution < 1.29 is 4.74 Å². The van der Waals surface area contributed by atoms with Crippen LogP contribution in [0.4, 0.5) is 5.69 Å². The van der Waals surface area contributed by atoms with Crippen molar-refractivity contribution in [2.75, 3.05) is 37.7 Å². The smallest absolute Gasteiger partial charge is 0.328 e. The second-order valence-electron chi connectivity index (χ2n) is 8.32. The molecule has 8 nitrogen and oxygen atoms in total. The summed E-state index contributed by atoms with van der Waals surface area (Å²) < 4.78 is 8.74. The van der Waals surface area contributed by atoms with Gasteiger partial charge in [-0.05, 0) is 37.2 Å². The number of anilines is 1. The van der Waals surface area contributed by atoms with Gasteiger partial charge >= 0.3 is 5.69 Å². The topological polar surface area (TPSA) is 83.5 Å². The van der Waals surface area contributed by atoms with Gasteiger partial charge in [-0.2, -0.15) is 0 Å². The van der Waals surface area contributed by atoms with Crippen LogP contribution >= 0.6 is 11.3 Å². The number of nitrogens with one attached hydrogen (secondary N) is 1. The van der Waals surface area contributed by atoms with E-state index in [0.717, 1.165) is 43.0 Å². The summed E-state index contributed by atoms with van der Waals surface area (Å²) in [6.45, 7) is 4.74. The lowest BCUT2D eigenvalue weighted by Crippen LogP contribution is -2.57. The van der Waals surface area contributed by atoms with Gasteiger partial charge in [-0.3, -0.25) is 19.2 Å². The lowest BCUT2D eigenvalue weighted by molar-refractivity contribution is 0.164. The average molecular weight is 450 g/mol. The quantitative estimate of drug-likeness (QED) is 0.515. The van der Waals surface area contributed by atoms with Gasteiger partial charge in [-0.15, -0.1) is 11.3 Å². The molecule has 32 heavy (non-hydrogen) atoms. The number of pyridine rings is 1. The molecule has 0 saturated carbocycles. The fourth-order valence-electron chi connectivity index (χ4n) is 4.83. The normalized spacial score (nSPS) is 18.5. The first kappa shape index (κ1) is 19.5. The largest absolute Gasteiger partial charge is 0.489 e. The number of H-pyrrole nitrogens is 1. The zero-order valence-electron chi connectivity index (χ0n) is 17.5. The Kier molecular flexibility index (Phi) is 4.73. The van der Waals surface area contributed by atoms with E-state index in [-0.39, 0.29) is 11.2 Å². The Morgan fingerprint density at radius 3 is 2.97 bits per heavy atom. The number of aromatic nitrogens is 3. The molecule has 1 aromatic carbocycles. The monoisotopic (exact) mass is 449 g/mol. The van der Waals surface area contributed by atoms with Gasteiger partial charge < -0.3 is 14.6 Å². The minimum Gasteiger partial charge on any atom is -0.489 e. The molecule has 2 aliphatic heterocycles. The van der Waals surface area contributed by atoms with E-state index < -0.39 is 0 Å². The predicted molar refractivity (Wildman–Crippen MR) is 126 cm³/mol. The van der Waals surface area contributed by atoms with Crippen LogP contribution in [-0.4, -0.2) is 58.3 Å². The highest BCUT2D eigenvalue weighted by Gasteiger charge is 2.32. The van der Waals surface area contributed by atoms with Crippen LogP contribution in [0, 0.1) is 0 Å². The summed E-state index contributed by atoms with van der Waals surface area (Å²) in [5, 5.41) is 0. The van der Waals surface area contributed by atoms with E-state index in [1.807, 2.05) is 24.3 Å². The summed E-state index contributed by atoms with van der Waals surface area (Å²) in [5.41, 5.74) is 1.81. The van der Waals surface area contributed by atoms with Crippen LogP contribution in [0.2, 0.25) is 0 Å². The lowest BCUT2D eigenvalue weighted by atomic mass is 10.1. The number of aromatic amines is 1. The van der Waals surface area contributed by atoms with Gasteiger partial charge in [0.15, 0.2) is 0 Å². The second kappa shape index (κ2) is 7.75. The standard InChI is InChI=1S/C23H23N5O3S/c29-22-21-20(19-18(32-21)7-3-8-24-19)25-23(30)28(22)10-4-9-26-11-12-27-15(13-26)14-31-17-6-2-1-5-16(17)27/h1-3,5-8,15H,4,9-14H2,(H,25,30). The molecule has 1 N–H and O–H groups in total.